The Morgan fingerprint density at radius 2 is 1.90 bits per heavy atom. The van der Waals surface area contributed by atoms with Crippen LogP contribution in [-0.4, -0.2) is 18.1 Å². The standard InChI is InChI=1S/C15H21ClN2O2/c16-11-5-6-13(12(9-11)14(17)19)20-10-15(18)7-3-1-2-4-8-15/h5-6,9H,1-4,7-8,10,18H2,(H2,17,19). The Morgan fingerprint density at radius 1 is 1.25 bits per heavy atom. The predicted octanol–water partition coefficient (Wildman–Crippen LogP) is 2.87. The summed E-state index contributed by atoms with van der Waals surface area (Å²) < 4.78 is 5.77. The number of hydrogen-bond donors (Lipinski definition) is 2. The van der Waals surface area contributed by atoms with Crippen LogP contribution in [0.3, 0.4) is 0 Å². The van der Waals surface area contributed by atoms with Crippen molar-refractivity contribution in [1.29, 1.82) is 0 Å². The number of primary amides is 1. The Bertz CT molecular complexity index is 483. The van der Waals surface area contributed by atoms with Gasteiger partial charge < -0.3 is 16.2 Å². The smallest absolute Gasteiger partial charge is 0.252 e. The molecule has 4 N–H and O–H groups in total. The van der Waals surface area contributed by atoms with Crippen molar-refractivity contribution in [2.75, 3.05) is 6.61 Å². The molecule has 110 valence electrons. The van der Waals surface area contributed by atoms with Gasteiger partial charge >= 0.3 is 0 Å². The number of ether oxygens (including phenoxy) is 1. The Morgan fingerprint density at radius 3 is 2.50 bits per heavy atom. The molecule has 5 heteroatoms. The second-order valence-corrected chi connectivity index (χ2v) is 6.01. The molecule has 0 aromatic heterocycles. The Balaban J connectivity index is 2.08. The summed E-state index contributed by atoms with van der Waals surface area (Å²) in [5, 5.41) is 0.461. The van der Waals surface area contributed by atoms with E-state index < -0.39 is 5.91 Å². The first-order valence-electron chi connectivity index (χ1n) is 7.01. The summed E-state index contributed by atoms with van der Waals surface area (Å²) in [6.07, 6.45) is 6.62. The number of carbonyl (C=O) groups excluding carboxylic acids is 1. The summed E-state index contributed by atoms with van der Waals surface area (Å²) >= 11 is 5.87. The van der Waals surface area contributed by atoms with Crippen LogP contribution in [-0.2, 0) is 0 Å². The molecule has 0 atom stereocenters. The van der Waals surface area contributed by atoms with Crippen LogP contribution in [0.2, 0.25) is 5.02 Å². The zero-order valence-electron chi connectivity index (χ0n) is 11.5. The fourth-order valence-electron chi connectivity index (χ4n) is 2.62. The number of rotatable bonds is 4. The average molecular weight is 297 g/mol. The van der Waals surface area contributed by atoms with Gasteiger partial charge in [-0.25, -0.2) is 0 Å². The molecule has 20 heavy (non-hydrogen) atoms. The molecule has 0 heterocycles. The van der Waals surface area contributed by atoms with Crippen molar-refractivity contribution >= 4 is 17.5 Å². The minimum absolute atomic E-state index is 0.301. The Kier molecular flexibility index (Phi) is 4.89. The number of nitrogens with two attached hydrogens (primary N) is 2. The first kappa shape index (κ1) is 15.1. The van der Waals surface area contributed by atoms with Crippen molar-refractivity contribution in [3.05, 3.63) is 28.8 Å². The molecular formula is C15H21ClN2O2. The number of hydrogen-bond acceptors (Lipinski definition) is 3. The molecule has 0 unspecified atom stereocenters. The minimum atomic E-state index is -0.547. The fraction of sp³-hybridized carbons (Fsp3) is 0.533. The molecule has 1 aromatic carbocycles. The second-order valence-electron chi connectivity index (χ2n) is 5.57. The lowest BCUT2D eigenvalue weighted by Crippen LogP contribution is -2.45. The van der Waals surface area contributed by atoms with E-state index in [0.29, 0.717) is 22.9 Å². The summed E-state index contributed by atoms with van der Waals surface area (Å²) in [6, 6.07) is 4.87. The first-order valence-corrected chi connectivity index (χ1v) is 7.39. The number of carbonyl (C=O) groups is 1. The SMILES string of the molecule is NC(=O)c1cc(Cl)ccc1OCC1(N)CCCCCC1. The maximum absolute atomic E-state index is 11.4. The van der Waals surface area contributed by atoms with Crippen LogP contribution in [0.5, 0.6) is 5.75 Å². The van der Waals surface area contributed by atoms with Crippen LogP contribution < -0.4 is 16.2 Å². The molecule has 1 aliphatic rings. The highest BCUT2D eigenvalue weighted by molar-refractivity contribution is 6.31. The van der Waals surface area contributed by atoms with Gasteiger partial charge in [-0.05, 0) is 31.0 Å². The highest BCUT2D eigenvalue weighted by Crippen LogP contribution is 2.28. The number of benzene rings is 1. The fourth-order valence-corrected chi connectivity index (χ4v) is 2.79. The van der Waals surface area contributed by atoms with E-state index in [-0.39, 0.29) is 5.54 Å². The Labute approximate surface area is 124 Å². The number of halogens is 1. The lowest BCUT2D eigenvalue weighted by molar-refractivity contribution is 0.0993. The van der Waals surface area contributed by atoms with Crippen molar-refractivity contribution in [3.63, 3.8) is 0 Å². The molecule has 2 rings (SSSR count). The largest absolute Gasteiger partial charge is 0.491 e. The van der Waals surface area contributed by atoms with E-state index in [1.54, 1.807) is 12.1 Å². The van der Waals surface area contributed by atoms with Crippen molar-refractivity contribution in [2.45, 2.75) is 44.1 Å². The van der Waals surface area contributed by atoms with Crippen LogP contribution in [0, 0.1) is 0 Å². The van der Waals surface area contributed by atoms with Crippen LogP contribution in [0.25, 0.3) is 0 Å². The van der Waals surface area contributed by atoms with Gasteiger partial charge in [-0.1, -0.05) is 37.3 Å². The normalized spacial score (nSPS) is 18.3. The predicted molar refractivity (Wildman–Crippen MR) is 80.1 cm³/mol. The van der Waals surface area contributed by atoms with Gasteiger partial charge in [-0.2, -0.15) is 0 Å². The maximum atomic E-state index is 11.4. The summed E-state index contributed by atoms with van der Waals surface area (Å²) in [4.78, 5) is 11.4. The van der Waals surface area contributed by atoms with Crippen molar-refractivity contribution in [2.24, 2.45) is 11.5 Å². The molecule has 1 aliphatic carbocycles. The lowest BCUT2D eigenvalue weighted by atomic mass is 9.92. The van der Waals surface area contributed by atoms with Gasteiger partial charge in [0.1, 0.15) is 12.4 Å². The highest BCUT2D eigenvalue weighted by atomic mass is 35.5. The van der Waals surface area contributed by atoms with E-state index in [4.69, 9.17) is 27.8 Å². The van der Waals surface area contributed by atoms with Gasteiger partial charge in [-0.15, -0.1) is 0 Å². The molecule has 1 fully saturated rings. The lowest BCUT2D eigenvalue weighted by Gasteiger charge is -2.28. The monoisotopic (exact) mass is 296 g/mol. The van der Waals surface area contributed by atoms with Crippen molar-refractivity contribution < 1.29 is 9.53 Å². The van der Waals surface area contributed by atoms with Gasteiger partial charge in [0, 0.05) is 5.02 Å². The zero-order valence-corrected chi connectivity index (χ0v) is 12.3. The molecule has 0 bridgehead atoms. The first-order chi connectivity index (χ1) is 9.50. The number of amides is 1. The van der Waals surface area contributed by atoms with Gasteiger partial charge in [0.25, 0.3) is 5.91 Å². The van der Waals surface area contributed by atoms with Crippen LogP contribution >= 0.6 is 11.6 Å². The van der Waals surface area contributed by atoms with E-state index in [0.717, 1.165) is 25.7 Å². The molecule has 0 radical (unpaired) electrons. The van der Waals surface area contributed by atoms with Crippen molar-refractivity contribution in [1.82, 2.24) is 0 Å². The topological polar surface area (TPSA) is 78.3 Å². The third kappa shape index (κ3) is 3.87. The van der Waals surface area contributed by atoms with E-state index in [2.05, 4.69) is 0 Å². The summed E-state index contributed by atoms with van der Waals surface area (Å²) in [6.45, 7) is 0.398. The average Bonchev–Trinajstić information content (AvgIpc) is 2.62. The van der Waals surface area contributed by atoms with E-state index in [9.17, 15) is 4.79 Å². The molecule has 1 saturated carbocycles. The highest BCUT2D eigenvalue weighted by Gasteiger charge is 2.27. The molecular weight excluding hydrogens is 276 g/mol. The van der Waals surface area contributed by atoms with Gasteiger partial charge in [0.05, 0.1) is 11.1 Å². The second kappa shape index (κ2) is 6.46. The minimum Gasteiger partial charge on any atom is -0.491 e. The third-order valence-electron chi connectivity index (χ3n) is 3.82. The quantitative estimate of drug-likeness (QED) is 0.839. The van der Waals surface area contributed by atoms with Gasteiger partial charge in [0.15, 0.2) is 0 Å². The third-order valence-corrected chi connectivity index (χ3v) is 4.06. The van der Waals surface area contributed by atoms with Crippen LogP contribution in [0.1, 0.15) is 48.9 Å². The van der Waals surface area contributed by atoms with E-state index >= 15 is 0 Å². The summed E-state index contributed by atoms with van der Waals surface area (Å²) in [7, 11) is 0. The summed E-state index contributed by atoms with van der Waals surface area (Å²) in [5.41, 5.74) is 11.7. The molecule has 0 saturated heterocycles. The zero-order chi connectivity index (χ0) is 14.6. The van der Waals surface area contributed by atoms with Gasteiger partial charge in [-0.3, -0.25) is 4.79 Å². The molecule has 4 nitrogen and oxygen atoms in total. The van der Waals surface area contributed by atoms with Gasteiger partial charge in [0.2, 0.25) is 0 Å². The summed E-state index contributed by atoms with van der Waals surface area (Å²) in [5.74, 6) is -0.0922. The van der Waals surface area contributed by atoms with E-state index in [1.165, 1.54) is 18.9 Å². The van der Waals surface area contributed by atoms with Crippen LogP contribution in [0.15, 0.2) is 18.2 Å². The maximum Gasteiger partial charge on any atom is 0.252 e. The molecule has 1 aromatic rings. The Hall–Kier alpha value is -1.26. The van der Waals surface area contributed by atoms with Crippen LogP contribution in [0.4, 0.5) is 0 Å². The molecule has 0 spiro atoms. The van der Waals surface area contributed by atoms with E-state index in [1.807, 2.05) is 0 Å². The molecule has 0 aliphatic heterocycles. The van der Waals surface area contributed by atoms with Crippen molar-refractivity contribution in [3.8, 4) is 5.75 Å². The molecule has 1 amide bonds.